The van der Waals surface area contributed by atoms with E-state index >= 15 is 0 Å². The molecule has 1 unspecified atom stereocenters. The second kappa shape index (κ2) is 6.73. The summed E-state index contributed by atoms with van der Waals surface area (Å²) < 4.78 is 0. The normalized spacial score (nSPS) is 12.2. The van der Waals surface area contributed by atoms with Crippen molar-refractivity contribution in [3.05, 3.63) is 58.7 Å². The highest BCUT2D eigenvalue weighted by Gasteiger charge is 2.13. The number of hydrogen-bond acceptors (Lipinski definition) is 3. The first-order valence-corrected chi connectivity index (χ1v) is 7.07. The molecule has 1 atom stereocenters. The van der Waals surface area contributed by atoms with E-state index in [4.69, 9.17) is 11.6 Å². The molecule has 0 fully saturated rings. The Morgan fingerprint density at radius 2 is 1.95 bits per heavy atom. The van der Waals surface area contributed by atoms with Crippen molar-refractivity contribution in [1.29, 1.82) is 0 Å². The van der Waals surface area contributed by atoms with Crippen molar-refractivity contribution in [2.45, 2.75) is 19.5 Å². The molecule has 0 spiro atoms. The maximum absolute atomic E-state index is 5.94. The van der Waals surface area contributed by atoms with Gasteiger partial charge < -0.3 is 10.2 Å². The van der Waals surface area contributed by atoms with Crippen molar-refractivity contribution in [2.75, 3.05) is 19.0 Å². The third kappa shape index (κ3) is 3.50. The van der Waals surface area contributed by atoms with Gasteiger partial charge in [-0.2, -0.15) is 0 Å². The molecule has 4 heteroatoms. The van der Waals surface area contributed by atoms with Crippen LogP contribution in [0, 0.1) is 0 Å². The van der Waals surface area contributed by atoms with Gasteiger partial charge in [-0.25, -0.2) is 4.98 Å². The van der Waals surface area contributed by atoms with E-state index in [1.54, 1.807) is 0 Å². The molecule has 0 radical (unpaired) electrons. The summed E-state index contributed by atoms with van der Waals surface area (Å²) in [6, 6.07) is 12.3. The second-order valence-electron chi connectivity index (χ2n) is 4.89. The van der Waals surface area contributed by atoms with Gasteiger partial charge in [0.25, 0.3) is 0 Å². The van der Waals surface area contributed by atoms with Crippen LogP contribution in [0.3, 0.4) is 0 Å². The smallest absolute Gasteiger partial charge is 0.129 e. The molecular formula is C16H20ClN3. The minimum Gasteiger partial charge on any atom is -0.353 e. The molecule has 0 aliphatic heterocycles. The van der Waals surface area contributed by atoms with Crippen LogP contribution in [0.15, 0.2) is 42.6 Å². The van der Waals surface area contributed by atoms with Crippen molar-refractivity contribution in [3.63, 3.8) is 0 Å². The number of hydrogen-bond donors (Lipinski definition) is 1. The summed E-state index contributed by atoms with van der Waals surface area (Å²) in [5.74, 6) is 0.972. The van der Waals surface area contributed by atoms with Crippen LogP contribution in [-0.4, -0.2) is 19.1 Å². The van der Waals surface area contributed by atoms with Gasteiger partial charge in [-0.3, -0.25) is 0 Å². The molecule has 0 aliphatic carbocycles. The van der Waals surface area contributed by atoms with Crippen molar-refractivity contribution < 1.29 is 0 Å². The Bertz CT molecular complexity index is 554. The second-order valence-corrected chi connectivity index (χ2v) is 5.33. The molecule has 2 aromatic rings. The summed E-state index contributed by atoms with van der Waals surface area (Å²) in [5.41, 5.74) is 2.45. The number of aromatic nitrogens is 1. The highest BCUT2D eigenvalue weighted by Crippen LogP contribution is 2.25. The lowest BCUT2D eigenvalue weighted by Crippen LogP contribution is -2.22. The molecular weight excluding hydrogens is 270 g/mol. The van der Waals surface area contributed by atoms with Gasteiger partial charge >= 0.3 is 0 Å². The topological polar surface area (TPSA) is 28.2 Å². The van der Waals surface area contributed by atoms with E-state index in [-0.39, 0.29) is 6.04 Å². The number of rotatable bonds is 5. The first kappa shape index (κ1) is 14.8. The molecule has 0 saturated carbocycles. The first-order chi connectivity index (χ1) is 9.61. The Hall–Kier alpha value is -1.58. The van der Waals surface area contributed by atoms with Gasteiger partial charge in [0, 0.05) is 24.8 Å². The lowest BCUT2D eigenvalue weighted by atomic mass is 10.1. The molecule has 106 valence electrons. The highest BCUT2D eigenvalue weighted by atomic mass is 35.5. The Morgan fingerprint density at radius 3 is 2.60 bits per heavy atom. The standard InChI is InChI=1S/C16H20ClN3/c1-12(14-4-6-15(17)7-5-14)20(3)16-10-13(11-18-2)8-9-19-16/h4-10,12,18H,11H2,1-3H3. The van der Waals surface area contributed by atoms with E-state index < -0.39 is 0 Å². The fourth-order valence-electron chi connectivity index (χ4n) is 2.13. The molecule has 1 N–H and O–H groups in total. The van der Waals surface area contributed by atoms with Crippen LogP contribution >= 0.6 is 11.6 Å². The van der Waals surface area contributed by atoms with Crippen LogP contribution in [0.5, 0.6) is 0 Å². The van der Waals surface area contributed by atoms with Crippen molar-refractivity contribution >= 4 is 17.4 Å². The third-order valence-electron chi connectivity index (χ3n) is 3.49. The van der Waals surface area contributed by atoms with E-state index in [9.17, 15) is 0 Å². The molecule has 1 aromatic heterocycles. The van der Waals surface area contributed by atoms with Gasteiger partial charge in [-0.05, 0) is 49.4 Å². The minimum absolute atomic E-state index is 0.240. The van der Waals surface area contributed by atoms with Crippen LogP contribution in [-0.2, 0) is 6.54 Å². The zero-order chi connectivity index (χ0) is 14.5. The first-order valence-electron chi connectivity index (χ1n) is 6.69. The van der Waals surface area contributed by atoms with Crippen LogP contribution in [0.2, 0.25) is 5.02 Å². The van der Waals surface area contributed by atoms with Crippen LogP contribution < -0.4 is 10.2 Å². The van der Waals surface area contributed by atoms with E-state index in [1.807, 2.05) is 31.4 Å². The predicted octanol–water partition coefficient (Wildman–Crippen LogP) is 3.65. The van der Waals surface area contributed by atoms with Crippen LogP contribution in [0.4, 0.5) is 5.82 Å². The number of nitrogens with one attached hydrogen (secondary N) is 1. The van der Waals surface area contributed by atoms with Gasteiger partial charge in [0.2, 0.25) is 0 Å². The molecule has 3 nitrogen and oxygen atoms in total. The van der Waals surface area contributed by atoms with Crippen LogP contribution in [0.1, 0.15) is 24.1 Å². The zero-order valence-corrected chi connectivity index (χ0v) is 12.9. The maximum Gasteiger partial charge on any atom is 0.129 e. The Balaban J connectivity index is 2.19. The quantitative estimate of drug-likeness (QED) is 0.911. The summed E-state index contributed by atoms with van der Waals surface area (Å²) in [6.45, 7) is 3.01. The van der Waals surface area contributed by atoms with Gasteiger partial charge in [0.05, 0.1) is 6.04 Å². The average Bonchev–Trinajstić information content (AvgIpc) is 2.47. The summed E-state index contributed by atoms with van der Waals surface area (Å²) >= 11 is 5.94. The van der Waals surface area contributed by atoms with E-state index in [0.29, 0.717) is 0 Å². The number of pyridine rings is 1. The maximum atomic E-state index is 5.94. The summed E-state index contributed by atoms with van der Waals surface area (Å²) in [4.78, 5) is 6.63. The average molecular weight is 290 g/mol. The molecule has 0 amide bonds. The number of nitrogens with zero attached hydrogens (tertiary/aromatic N) is 2. The zero-order valence-electron chi connectivity index (χ0n) is 12.1. The molecule has 2 rings (SSSR count). The van der Waals surface area contributed by atoms with E-state index in [2.05, 4.69) is 47.4 Å². The summed E-state index contributed by atoms with van der Waals surface area (Å²) in [7, 11) is 4.00. The Morgan fingerprint density at radius 1 is 1.25 bits per heavy atom. The molecule has 0 saturated heterocycles. The Kier molecular flexibility index (Phi) is 4.99. The van der Waals surface area contributed by atoms with Gasteiger partial charge in [-0.15, -0.1) is 0 Å². The molecule has 0 bridgehead atoms. The molecule has 20 heavy (non-hydrogen) atoms. The van der Waals surface area contributed by atoms with E-state index in [1.165, 1.54) is 11.1 Å². The van der Waals surface area contributed by atoms with E-state index in [0.717, 1.165) is 17.4 Å². The number of benzene rings is 1. The van der Waals surface area contributed by atoms with Crippen molar-refractivity contribution in [3.8, 4) is 0 Å². The van der Waals surface area contributed by atoms with Gasteiger partial charge in [0.1, 0.15) is 5.82 Å². The van der Waals surface area contributed by atoms with Crippen LogP contribution in [0.25, 0.3) is 0 Å². The lowest BCUT2D eigenvalue weighted by Gasteiger charge is -2.26. The van der Waals surface area contributed by atoms with Gasteiger partial charge in [-0.1, -0.05) is 23.7 Å². The van der Waals surface area contributed by atoms with Crippen molar-refractivity contribution in [1.82, 2.24) is 10.3 Å². The molecule has 1 heterocycles. The lowest BCUT2D eigenvalue weighted by molar-refractivity contribution is 0.726. The predicted molar refractivity (Wildman–Crippen MR) is 85.3 cm³/mol. The van der Waals surface area contributed by atoms with Gasteiger partial charge in [0.15, 0.2) is 0 Å². The Labute approximate surface area is 125 Å². The highest BCUT2D eigenvalue weighted by molar-refractivity contribution is 6.30. The van der Waals surface area contributed by atoms with Crippen molar-refractivity contribution in [2.24, 2.45) is 0 Å². The largest absolute Gasteiger partial charge is 0.353 e. The summed E-state index contributed by atoms with van der Waals surface area (Å²) in [5, 5.41) is 3.92. The monoisotopic (exact) mass is 289 g/mol. The molecule has 0 aliphatic rings. The minimum atomic E-state index is 0.240. The fraction of sp³-hybridized carbons (Fsp3) is 0.312. The third-order valence-corrected chi connectivity index (χ3v) is 3.74. The number of halogens is 1. The SMILES string of the molecule is CNCc1ccnc(N(C)C(C)c2ccc(Cl)cc2)c1. The summed E-state index contributed by atoms with van der Waals surface area (Å²) in [6.07, 6.45) is 1.85. The number of anilines is 1. The molecule has 1 aromatic carbocycles. The fourth-order valence-corrected chi connectivity index (χ4v) is 2.26.